The number of benzene rings is 12. The van der Waals surface area contributed by atoms with Gasteiger partial charge in [-0.05, 0) is 129 Å². The van der Waals surface area contributed by atoms with Crippen molar-refractivity contribution in [1.29, 1.82) is 0 Å². The summed E-state index contributed by atoms with van der Waals surface area (Å²) in [5.74, 6) is 0. The van der Waals surface area contributed by atoms with Gasteiger partial charge in [-0.25, -0.2) is 0 Å². The third-order valence-corrected chi connectivity index (χ3v) is 20.1. The number of rotatable bonds is 23. The Morgan fingerprint density at radius 1 is 0.231 bits per heavy atom. The maximum Gasteiger partial charge on any atom is 0.0619 e. The summed E-state index contributed by atoms with van der Waals surface area (Å²) in [7, 11) is 0. The zero-order valence-corrected chi connectivity index (χ0v) is 55.2. The van der Waals surface area contributed by atoms with Crippen LogP contribution in [0.1, 0.15) is 162 Å². The van der Waals surface area contributed by atoms with Crippen molar-refractivity contribution in [3.8, 4) is 0 Å². The van der Waals surface area contributed by atoms with E-state index in [2.05, 4.69) is 357 Å². The van der Waals surface area contributed by atoms with E-state index in [1.165, 1.54) is 106 Å². The summed E-state index contributed by atoms with van der Waals surface area (Å²) in [5.41, 5.74) is 20.2. The minimum absolute atomic E-state index is 0.199. The lowest BCUT2D eigenvalue weighted by atomic mass is 9.77. The molecule has 0 aromatic heterocycles. The van der Waals surface area contributed by atoms with Crippen LogP contribution in [0.5, 0.6) is 0 Å². The molecule has 0 heterocycles. The summed E-state index contributed by atoms with van der Waals surface area (Å²) in [4.78, 5) is 5.03. The van der Waals surface area contributed by atoms with Gasteiger partial charge in [-0.15, -0.1) is 0 Å². The third-order valence-electron chi connectivity index (χ3n) is 20.1. The summed E-state index contributed by atoms with van der Waals surface area (Å²) < 4.78 is 0. The quantitative estimate of drug-likeness (QED) is 0.0358. The zero-order chi connectivity index (χ0) is 63.2. The van der Waals surface area contributed by atoms with Crippen molar-refractivity contribution in [2.75, 3.05) is 9.80 Å². The molecule has 0 amide bonds. The van der Waals surface area contributed by atoms with Crippen LogP contribution in [0.25, 0.3) is 21.5 Å². The van der Waals surface area contributed by atoms with Gasteiger partial charge in [0.05, 0.1) is 11.4 Å². The highest BCUT2D eigenvalue weighted by atomic mass is 15.2. The Morgan fingerprint density at radius 3 is 0.758 bits per heavy atom. The van der Waals surface area contributed by atoms with Crippen LogP contribution in [0.2, 0.25) is 0 Å². The van der Waals surface area contributed by atoms with Crippen molar-refractivity contribution in [3.05, 3.63) is 346 Å². The van der Waals surface area contributed by atoms with E-state index < -0.39 is 0 Å². The second-order valence-corrected chi connectivity index (χ2v) is 27.5. The molecular formula is C89H90N2. The van der Waals surface area contributed by atoms with Crippen molar-refractivity contribution in [3.63, 3.8) is 0 Å². The summed E-state index contributed by atoms with van der Waals surface area (Å²) >= 11 is 0. The molecule has 0 atom stereocenters. The SMILES string of the molecule is CCCCCCCCc1ccc(Cc2ccc(C(C)(C)c3ccc(N(c4ccc(C(C)(C)c5ccccc5)cc4)c4c5ccccc5c(N(c5ccc(C(C)(C)c6ccccc6)cc5)c5ccc(C(C)(C)c6ccccc6)cc5)c5ccccc45)cc3)cc2)cc1. The molecule has 0 saturated carbocycles. The van der Waals surface area contributed by atoms with Crippen LogP contribution in [0.15, 0.2) is 285 Å². The van der Waals surface area contributed by atoms with Crippen LogP contribution in [0.3, 0.4) is 0 Å². The van der Waals surface area contributed by atoms with Crippen molar-refractivity contribution >= 4 is 55.7 Å². The second kappa shape index (κ2) is 26.7. The first kappa shape index (κ1) is 62.0. The van der Waals surface area contributed by atoms with Crippen LogP contribution < -0.4 is 9.80 Å². The van der Waals surface area contributed by atoms with E-state index in [0.717, 1.165) is 62.1 Å². The Morgan fingerprint density at radius 2 is 0.462 bits per heavy atom. The molecule has 0 aliphatic heterocycles. The molecule has 0 spiro atoms. The fourth-order valence-corrected chi connectivity index (χ4v) is 13.9. The minimum atomic E-state index is -0.250. The summed E-state index contributed by atoms with van der Waals surface area (Å²) in [6, 6.07) is 107. The van der Waals surface area contributed by atoms with Gasteiger partial charge in [-0.3, -0.25) is 0 Å². The molecule has 2 nitrogen and oxygen atoms in total. The fourth-order valence-electron chi connectivity index (χ4n) is 13.9. The van der Waals surface area contributed by atoms with Gasteiger partial charge >= 0.3 is 0 Å². The van der Waals surface area contributed by atoms with Crippen molar-refractivity contribution < 1.29 is 0 Å². The van der Waals surface area contributed by atoms with Gasteiger partial charge in [0.2, 0.25) is 0 Å². The molecule has 12 rings (SSSR count). The maximum atomic E-state index is 2.52. The first-order valence-electron chi connectivity index (χ1n) is 33.4. The van der Waals surface area contributed by atoms with E-state index in [9.17, 15) is 0 Å². The summed E-state index contributed by atoms with van der Waals surface area (Å²) in [6.07, 6.45) is 10.1. The van der Waals surface area contributed by atoms with Crippen molar-refractivity contribution in [2.24, 2.45) is 0 Å². The van der Waals surface area contributed by atoms with Crippen molar-refractivity contribution in [1.82, 2.24) is 0 Å². The number of anilines is 6. The fraction of sp³-hybridized carbons (Fsp3) is 0.236. The lowest BCUT2D eigenvalue weighted by Crippen LogP contribution is -2.20. The molecule has 12 aromatic rings. The smallest absolute Gasteiger partial charge is 0.0619 e. The molecule has 456 valence electrons. The van der Waals surface area contributed by atoms with Crippen LogP contribution in [0, 0.1) is 0 Å². The molecular weight excluding hydrogens is 1100 g/mol. The Bertz CT molecular complexity index is 4180. The Balaban J connectivity index is 0.952. The average Bonchev–Trinajstić information content (AvgIpc) is 0.729. The second-order valence-electron chi connectivity index (χ2n) is 27.5. The highest BCUT2D eigenvalue weighted by Gasteiger charge is 2.31. The Labute approximate surface area is 543 Å². The largest absolute Gasteiger partial charge is 0.309 e. The molecule has 0 saturated heterocycles. The highest BCUT2D eigenvalue weighted by molar-refractivity contribution is 6.23. The van der Waals surface area contributed by atoms with E-state index in [0.29, 0.717) is 0 Å². The van der Waals surface area contributed by atoms with Gasteiger partial charge < -0.3 is 9.80 Å². The van der Waals surface area contributed by atoms with Crippen LogP contribution in [0.4, 0.5) is 34.1 Å². The highest BCUT2D eigenvalue weighted by Crippen LogP contribution is 2.52. The first-order valence-corrected chi connectivity index (χ1v) is 33.4. The number of hydrogen-bond donors (Lipinski definition) is 0. The summed E-state index contributed by atoms with van der Waals surface area (Å²) in [6.45, 7) is 21.0. The molecule has 91 heavy (non-hydrogen) atoms. The summed E-state index contributed by atoms with van der Waals surface area (Å²) in [5, 5.41) is 4.64. The molecule has 12 aromatic carbocycles. The van der Waals surface area contributed by atoms with E-state index >= 15 is 0 Å². The lowest BCUT2D eigenvalue weighted by Gasteiger charge is -2.34. The number of aryl methyl sites for hydroxylation is 1. The van der Waals surface area contributed by atoms with E-state index in [4.69, 9.17) is 0 Å². The Kier molecular flexibility index (Phi) is 18.2. The number of nitrogens with zero attached hydrogens (tertiary/aromatic N) is 2. The monoisotopic (exact) mass is 1190 g/mol. The van der Waals surface area contributed by atoms with Crippen LogP contribution in [-0.4, -0.2) is 0 Å². The molecule has 0 aliphatic carbocycles. The lowest BCUT2D eigenvalue weighted by molar-refractivity contribution is 0.607. The van der Waals surface area contributed by atoms with Gasteiger partial charge in [0.25, 0.3) is 0 Å². The normalized spacial score (nSPS) is 12.1. The number of unbranched alkanes of at least 4 members (excludes halogenated alkanes) is 5. The molecule has 0 bridgehead atoms. The predicted molar refractivity (Wildman–Crippen MR) is 391 cm³/mol. The Hall–Kier alpha value is -9.24. The van der Waals surface area contributed by atoms with Crippen LogP contribution >= 0.6 is 0 Å². The van der Waals surface area contributed by atoms with Gasteiger partial charge in [0, 0.05) is 66.0 Å². The van der Waals surface area contributed by atoms with Gasteiger partial charge in [-0.1, -0.05) is 331 Å². The van der Waals surface area contributed by atoms with E-state index in [1.54, 1.807) is 0 Å². The molecule has 0 fully saturated rings. The van der Waals surface area contributed by atoms with Crippen molar-refractivity contribution in [2.45, 2.75) is 135 Å². The minimum Gasteiger partial charge on any atom is -0.309 e. The standard InChI is InChI=1S/C89H90N2/c1-10-11-12-13-14-18-29-65-40-42-66(43-41-65)64-67-44-46-71(47-45-67)89(8,9)75-54-62-79(63-55-75)91(78-60-52-74(53-61-78)88(6,7)70-34-23-17-24-35-70)85-82-38-27-25-36-80(82)84(81-37-26-28-39-83(81)85)90(76-56-48-72(49-57-76)86(2,3)68-30-19-15-20-31-68)77-58-50-73(51-59-77)87(4,5)69-32-21-16-22-33-69/h15-17,19-28,30-63H,10-14,18,29,64H2,1-9H3. The molecule has 0 N–H and O–H groups in total. The van der Waals surface area contributed by atoms with Gasteiger partial charge in [0.1, 0.15) is 0 Å². The molecule has 2 heteroatoms. The maximum absolute atomic E-state index is 2.52. The first-order chi connectivity index (χ1) is 44.1. The molecule has 0 unspecified atom stereocenters. The molecule has 0 aliphatic rings. The van der Waals surface area contributed by atoms with Gasteiger partial charge in [0.15, 0.2) is 0 Å². The number of hydrogen-bond acceptors (Lipinski definition) is 2. The zero-order valence-electron chi connectivity index (χ0n) is 55.2. The van der Waals surface area contributed by atoms with Crippen LogP contribution in [-0.2, 0) is 34.5 Å². The third kappa shape index (κ3) is 12.9. The van der Waals surface area contributed by atoms with E-state index in [1.807, 2.05) is 0 Å². The average molecular weight is 1190 g/mol. The van der Waals surface area contributed by atoms with E-state index in [-0.39, 0.29) is 21.7 Å². The van der Waals surface area contributed by atoms with Gasteiger partial charge in [-0.2, -0.15) is 0 Å². The molecule has 0 radical (unpaired) electrons. The topological polar surface area (TPSA) is 6.48 Å². The number of fused-ring (bicyclic) bond motifs is 2. The predicted octanol–water partition coefficient (Wildman–Crippen LogP) is 24.7.